The smallest absolute Gasteiger partial charge is 0.0835 e. The zero-order chi connectivity index (χ0) is 10.1. The van der Waals surface area contributed by atoms with Crippen LogP contribution < -0.4 is 0 Å². The minimum atomic E-state index is -0.527. The van der Waals surface area contributed by atoms with Gasteiger partial charge in [0.15, 0.2) is 0 Å². The van der Waals surface area contributed by atoms with Crippen LogP contribution in [-0.2, 0) is 0 Å². The third kappa shape index (κ3) is 3.15. The SMILES string of the molecule is CC(C)=CC1(O)CCCC(C)(C)C1. The minimum Gasteiger partial charge on any atom is -0.386 e. The summed E-state index contributed by atoms with van der Waals surface area (Å²) in [6, 6.07) is 0. The van der Waals surface area contributed by atoms with Gasteiger partial charge in [-0.15, -0.1) is 0 Å². The minimum absolute atomic E-state index is 0.305. The van der Waals surface area contributed by atoms with Crippen molar-refractivity contribution >= 4 is 0 Å². The van der Waals surface area contributed by atoms with Crippen molar-refractivity contribution in [2.24, 2.45) is 5.41 Å². The Balaban J connectivity index is 2.74. The first-order chi connectivity index (χ1) is 5.83. The fourth-order valence-electron chi connectivity index (χ4n) is 2.54. The molecule has 1 fully saturated rings. The molecule has 0 radical (unpaired) electrons. The molecule has 1 saturated carbocycles. The summed E-state index contributed by atoms with van der Waals surface area (Å²) in [6.45, 7) is 8.60. The van der Waals surface area contributed by atoms with Gasteiger partial charge in [0.1, 0.15) is 0 Å². The number of allylic oxidation sites excluding steroid dienone is 1. The van der Waals surface area contributed by atoms with Crippen LogP contribution in [0.3, 0.4) is 0 Å². The quantitative estimate of drug-likeness (QED) is 0.617. The molecule has 0 saturated heterocycles. The molecule has 1 aliphatic carbocycles. The summed E-state index contributed by atoms with van der Waals surface area (Å²) in [5, 5.41) is 10.3. The van der Waals surface area contributed by atoms with Crippen LogP contribution in [0.1, 0.15) is 53.4 Å². The fraction of sp³-hybridized carbons (Fsp3) is 0.833. The molecule has 0 heterocycles. The largest absolute Gasteiger partial charge is 0.386 e. The van der Waals surface area contributed by atoms with Gasteiger partial charge in [0.25, 0.3) is 0 Å². The van der Waals surface area contributed by atoms with Gasteiger partial charge in [0, 0.05) is 0 Å². The van der Waals surface area contributed by atoms with Crippen molar-refractivity contribution in [1.29, 1.82) is 0 Å². The maximum absolute atomic E-state index is 10.3. The van der Waals surface area contributed by atoms with Gasteiger partial charge in [-0.2, -0.15) is 0 Å². The zero-order valence-corrected chi connectivity index (χ0v) is 9.35. The lowest BCUT2D eigenvalue weighted by Gasteiger charge is -2.40. The molecule has 0 aliphatic heterocycles. The highest BCUT2D eigenvalue weighted by Gasteiger charge is 2.36. The van der Waals surface area contributed by atoms with Crippen LogP contribution in [0.5, 0.6) is 0 Å². The highest BCUT2D eigenvalue weighted by Crippen LogP contribution is 2.41. The maximum Gasteiger partial charge on any atom is 0.0835 e. The molecule has 1 N–H and O–H groups in total. The first kappa shape index (κ1) is 10.8. The number of aliphatic hydroxyl groups is 1. The van der Waals surface area contributed by atoms with E-state index in [1.165, 1.54) is 12.0 Å². The third-order valence-corrected chi connectivity index (χ3v) is 2.81. The molecular weight excluding hydrogens is 160 g/mol. The molecule has 0 aromatic rings. The van der Waals surface area contributed by atoms with Crippen molar-refractivity contribution in [3.8, 4) is 0 Å². The van der Waals surface area contributed by atoms with Crippen molar-refractivity contribution in [2.75, 3.05) is 0 Å². The molecule has 0 aromatic heterocycles. The van der Waals surface area contributed by atoms with Crippen LogP contribution in [0.15, 0.2) is 11.6 Å². The first-order valence-corrected chi connectivity index (χ1v) is 5.22. The van der Waals surface area contributed by atoms with E-state index >= 15 is 0 Å². The Kier molecular flexibility index (Phi) is 2.86. The average Bonchev–Trinajstić information content (AvgIpc) is 1.79. The Bertz CT molecular complexity index is 211. The van der Waals surface area contributed by atoms with Gasteiger partial charge in [-0.25, -0.2) is 0 Å². The van der Waals surface area contributed by atoms with Crippen LogP contribution in [0.25, 0.3) is 0 Å². The summed E-state index contributed by atoms with van der Waals surface area (Å²) < 4.78 is 0. The van der Waals surface area contributed by atoms with Gasteiger partial charge in [-0.05, 0) is 44.9 Å². The first-order valence-electron chi connectivity index (χ1n) is 5.22. The summed E-state index contributed by atoms with van der Waals surface area (Å²) in [6.07, 6.45) is 6.26. The second-order valence-corrected chi connectivity index (χ2v) is 5.52. The lowest BCUT2D eigenvalue weighted by Crippen LogP contribution is -2.37. The van der Waals surface area contributed by atoms with E-state index in [1.54, 1.807) is 0 Å². The van der Waals surface area contributed by atoms with Gasteiger partial charge in [-0.3, -0.25) is 0 Å². The van der Waals surface area contributed by atoms with E-state index in [4.69, 9.17) is 0 Å². The molecule has 0 spiro atoms. The molecule has 1 atom stereocenters. The van der Waals surface area contributed by atoms with Crippen molar-refractivity contribution in [1.82, 2.24) is 0 Å². The number of hydrogen-bond donors (Lipinski definition) is 1. The van der Waals surface area contributed by atoms with E-state index in [9.17, 15) is 5.11 Å². The third-order valence-electron chi connectivity index (χ3n) is 2.81. The topological polar surface area (TPSA) is 20.2 Å². The van der Waals surface area contributed by atoms with Crippen molar-refractivity contribution < 1.29 is 5.11 Å². The van der Waals surface area contributed by atoms with E-state index in [2.05, 4.69) is 27.7 Å². The molecule has 0 amide bonds. The molecule has 13 heavy (non-hydrogen) atoms. The van der Waals surface area contributed by atoms with Crippen molar-refractivity contribution in [3.05, 3.63) is 11.6 Å². The molecule has 76 valence electrons. The molecule has 1 heteroatoms. The van der Waals surface area contributed by atoms with Gasteiger partial charge in [0.2, 0.25) is 0 Å². The summed E-state index contributed by atoms with van der Waals surface area (Å²) in [4.78, 5) is 0. The van der Waals surface area contributed by atoms with Gasteiger partial charge < -0.3 is 5.11 Å². The Labute approximate surface area is 81.9 Å². The highest BCUT2D eigenvalue weighted by molar-refractivity contribution is 5.09. The maximum atomic E-state index is 10.3. The average molecular weight is 182 g/mol. The van der Waals surface area contributed by atoms with Gasteiger partial charge in [-0.1, -0.05) is 25.5 Å². The van der Waals surface area contributed by atoms with E-state index < -0.39 is 5.60 Å². The molecule has 1 unspecified atom stereocenters. The van der Waals surface area contributed by atoms with Crippen LogP contribution >= 0.6 is 0 Å². The van der Waals surface area contributed by atoms with Crippen LogP contribution in [0.4, 0.5) is 0 Å². The normalized spacial score (nSPS) is 32.7. The Morgan fingerprint density at radius 3 is 2.31 bits per heavy atom. The van der Waals surface area contributed by atoms with Crippen LogP contribution in [0.2, 0.25) is 0 Å². The van der Waals surface area contributed by atoms with E-state index in [0.717, 1.165) is 19.3 Å². The lowest BCUT2D eigenvalue weighted by molar-refractivity contribution is 0.000622. The van der Waals surface area contributed by atoms with Crippen molar-refractivity contribution in [2.45, 2.75) is 59.0 Å². The van der Waals surface area contributed by atoms with Gasteiger partial charge >= 0.3 is 0 Å². The van der Waals surface area contributed by atoms with Gasteiger partial charge in [0.05, 0.1) is 5.60 Å². The zero-order valence-electron chi connectivity index (χ0n) is 9.35. The Hall–Kier alpha value is -0.300. The Morgan fingerprint density at radius 1 is 1.23 bits per heavy atom. The van der Waals surface area contributed by atoms with E-state index in [-0.39, 0.29) is 0 Å². The predicted molar refractivity (Wildman–Crippen MR) is 56.6 cm³/mol. The standard InChI is InChI=1S/C12H22O/c1-10(2)8-12(13)7-5-6-11(3,4)9-12/h8,13H,5-7,9H2,1-4H3. The summed E-state index contributed by atoms with van der Waals surface area (Å²) >= 11 is 0. The van der Waals surface area contributed by atoms with E-state index in [1.807, 2.05) is 6.08 Å². The Morgan fingerprint density at radius 2 is 1.85 bits per heavy atom. The predicted octanol–water partition coefficient (Wildman–Crippen LogP) is 3.28. The van der Waals surface area contributed by atoms with E-state index in [0.29, 0.717) is 5.41 Å². The van der Waals surface area contributed by atoms with Crippen LogP contribution in [-0.4, -0.2) is 10.7 Å². The molecular formula is C12H22O. The monoisotopic (exact) mass is 182 g/mol. The molecule has 0 bridgehead atoms. The second-order valence-electron chi connectivity index (χ2n) is 5.52. The summed E-state index contributed by atoms with van der Waals surface area (Å²) in [7, 11) is 0. The number of rotatable bonds is 1. The van der Waals surface area contributed by atoms with Crippen LogP contribution in [0, 0.1) is 5.41 Å². The molecule has 1 nitrogen and oxygen atoms in total. The molecule has 0 aromatic carbocycles. The second kappa shape index (κ2) is 3.45. The highest BCUT2D eigenvalue weighted by atomic mass is 16.3. The molecule has 1 rings (SSSR count). The lowest BCUT2D eigenvalue weighted by atomic mass is 9.69. The molecule has 1 aliphatic rings. The summed E-state index contributed by atoms with van der Waals surface area (Å²) in [5.74, 6) is 0. The number of hydrogen-bond acceptors (Lipinski definition) is 1. The summed E-state index contributed by atoms with van der Waals surface area (Å²) in [5.41, 5.74) is 1.000. The van der Waals surface area contributed by atoms with Crippen molar-refractivity contribution in [3.63, 3.8) is 0 Å². The fourth-order valence-corrected chi connectivity index (χ4v) is 2.54.